The van der Waals surface area contributed by atoms with E-state index in [2.05, 4.69) is 9.97 Å². The molecule has 0 radical (unpaired) electrons. The Bertz CT molecular complexity index is 652. The maximum atomic E-state index is 11.7. The average Bonchev–Trinajstić information content (AvgIpc) is 2.58. The number of nitrogens with zero attached hydrogens (tertiary/aromatic N) is 2. The molecule has 9 nitrogen and oxygen atoms in total. The highest BCUT2D eigenvalue weighted by molar-refractivity contribution is 7.89. The topological polar surface area (TPSA) is 152 Å². The average molecular weight is 273 g/mol. The molecule has 18 heavy (non-hydrogen) atoms. The molecule has 1 aromatic heterocycles. The van der Waals surface area contributed by atoms with Crippen molar-refractivity contribution < 1.29 is 13.2 Å². The largest absolute Gasteiger partial charge is 0.383 e. The van der Waals surface area contributed by atoms with E-state index in [0.717, 1.165) is 11.0 Å². The summed E-state index contributed by atoms with van der Waals surface area (Å²) < 4.78 is 22.3. The predicted molar refractivity (Wildman–Crippen MR) is 63.1 cm³/mol. The molecule has 1 unspecified atom stereocenters. The zero-order valence-corrected chi connectivity index (χ0v) is 9.98. The maximum absolute atomic E-state index is 11.7. The molecule has 1 aromatic rings. The van der Waals surface area contributed by atoms with E-state index in [4.69, 9.17) is 10.9 Å². The normalized spacial score (nSPS) is 20.4. The van der Waals surface area contributed by atoms with Crippen LogP contribution in [0.2, 0.25) is 0 Å². The molecule has 10 heteroatoms. The molecule has 2 rings (SSSR count). The summed E-state index contributed by atoms with van der Waals surface area (Å²) in [6, 6.07) is 1.06. The van der Waals surface area contributed by atoms with Crippen molar-refractivity contribution in [2.45, 2.75) is 11.7 Å². The molecule has 1 saturated heterocycles. The highest BCUT2D eigenvalue weighted by Gasteiger charge is 2.38. The number of H-pyrrole nitrogens is 1. The zero-order valence-electron chi connectivity index (χ0n) is 9.16. The molecular weight excluding hydrogens is 262 g/mol. The molecule has 98 valence electrons. The molecule has 0 saturated carbocycles. The smallest absolute Gasteiger partial charge is 0.254 e. The Morgan fingerprint density at radius 3 is 2.61 bits per heavy atom. The molecule has 1 aliphatic heterocycles. The van der Waals surface area contributed by atoms with Gasteiger partial charge in [0.05, 0.1) is 0 Å². The number of sulfonamides is 1. The van der Waals surface area contributed by atoms with Gasteiger partial charge in [-0.05, 0) is 0 Å². The van der Waals surface area contributed by atoms with Crippen molar-refractivity contribution in [1.82, 2.24) is 9.97 Å². The Balaban J connectivity index is 2.35. The van der Waals surface area contributed by atoms with E-state index in [9.17, 15) is 18.0 Å². The Labute approximate surface area is 102 Å². The van der Waals surface area contributed by atoms with Gasteiger partial charge in [0.25, 0.3) is 5.56 Å². The zero-order chi connectivity index (χ0) is 13.5. The monoisotopic (exact) mass is 273 g/mol. The van der Waals surface area contributed by atoms with Gasteiger partial charge in [0, 0.05) is 19.0 Å². The van der Waals surface area contributed by atoms with Gasteiger partial charge >= 0.3 is 0 Å². The van der Waals surface area contributed by atoms with E-state index in [-0.39, 0.29) is 24.7 Å². The molecular formula is C8H11N5O4S. The van der Waals surface area contributed by atoms with Crippen molar-refractivity contribution >= 4 is 27.7 Å². The van der Waals surface area contributed by atoms with Crippen LogP contribution in [0.25, 0.3) is 0 Å². The second-order valence-electron chi connectivity index (χ2n) is 3.91. The standard InChI is InChI=1S/C8H11N5O4S/c9-5-2-6(14)12-8(11-5)13-3-4(1-7(13)15)18(10,16)17/h2,4H,1,3H2,(H2,10,16,17)(H3,9,11,12,14). The van der Waals surface area contributed by atoms with E-state index in [1.54, 1.807) is 0 Å². The van der Waals surface area contributed by atoms with Gasteiger partial charge in [-0.25, -0.2) is 13.6 Å². The van der Waals surface area contributed by atoms with Gasteiger partial charge in [0.2, 0.25) is 21.9 Å². The van der Waals surface area contributed by atoms with Gasteiger partial charge in [-0.2, -0.15) is 4.98 Å². The minimum absolute atomic E-state index is 0.0550. The van der Waals surface area contributed by atoms with Crippen molar-refractivity contribution in [3.8, 4) is 0 Å². The highest BCUT2D eigenvalue weighted by Crippen LogP contribution is 2.20. The lowest BCUT2D eigenvalue weighted by Gasteiger charge is -2.14. The van der Waals surface area contributed by atoms with Crippen molar-refractivity contribution in [2.24, 2.45) is 5.14 Å². The van der Waals surface area contributed by atoms with Crippen molar-refractivity contribution in [1.29, 1.82) is 0 Å². The fraction of sp³-hybridized carbons (Fsp3) is 0.375. The Morgan fingerprint density at radius 2 is 2.11 bits per heavy atom. The molecule has 0 bridgehead atoms. The second-order valence-corrected chi connectivity index (χ2v) is 5.76. The minimum Gasteiger partial charge on any atom is -0.383 e. The number of carbonyl (C=O) groups is 1. The van der Waals surface area contributed by atoms with Crippen LogP contribution in [0.3, 0.4) is 0 Å². The second kappa shape index (κ2) is 4.07. The highest BCUT2D eigenvalue weighted by atomic mass is 32.2. The molecule has 5 N–H and O–H groups in total. The SMILES string of the molecule is Nc1cc(=O)[nH]c(N2CC(S(N)(=O)=O)CC2=O)n1. The van der Waals surface area contributed by atoms with Gasteiger partial charge in [0.1, 0.15) is 11.1 Å². The molecule has 1 amide bonds. The number of anilines is 2. The van der Waals surface area contributed by atoms with E-state index >= 15 is 0 Å². The minimum atomic E-state index is -3.81. The van der Waals surface area contributed by atoms with E-state index in [1.165, 1.54) is 0 Å². The maximum Gasteiger partial charge on any atom is 0.254 e. The molecule has 1 fully saturated rings. The molecule has 0 aromatic carbocycles. The third-order valence-electron chi connectivity index (χ3n) is 2.56. The summed E-state index contributed by atoms with van der Waals surface area (Å²) in [5.74, 6) is -0.612. The molecule has 1 aliphatic rings. The first kappa shape index (κ1) is 12.5. The molecule has 0 aliphatic carbocycles. The molecule has 2 heterocycles. The fourth-order valence-corrected chi connectivity index (χ4v) is 2.42. The number of amides is 1. The summed E-state index contributed by atoms with van der Waals surface area (Å²) in [6.45, 7) is -0.149. The van der Waals surface area contributed by atoms with Gasteiger partial charge in [-0.1, -0.05) is 0 Å². The van der Waals surface area contributed by atoms with Crippen LogP contribution >= 0.6 is 0 Å². The summed E-state index contributed by atoms with van der Waals surface area (Å²) >= 11 is 0. The summed E-state index contributed by atoms with van der Waals surface area (Å²) in [5, 5.41) is 3.98. The van der Waals surface area contributed by atoms with Gasteiger partial charge in [-0.3, -0.25) is 19.5 Å². The van der Waals surface area contributed by atoms with Crippen LogP contribution < -0.4 is 21.3 Å². The predicted octanol–water partition coefficient (Wildman–Crippen LogP) is -2.25. The quantitative estimate of drug-likeness (QED) is 0.553. The van der Waals surface area contributed by atoms with Gasteiger partial charge in [0.15, 0.2) is 0 Å². The van der Waals surface area contributed by atoms with Crippen LogP contribution in [0.15, 0.2) is 10.9 Å². The summed E-state index contributed by atoms with van der Waals surface area (Å²) in [4.78, 5) is 30.0. The lowest BCUT2D eigenvalue weighted by Crippen LogP contribution is -2.33. The number of aromatic amines is 1. The number of primary sulfonamides is 1. The van der Waals surface area contributed by atoms with Crippen molar-refractivity contribution in [3.63, 3.8) is 0 Å². The van der Waals surface area contributed by atoms with E-state index < -0.39 is 26.7 Å². The number of nitrogens with one attached hydrogen (secondary N) is 1. The van der Waals surface area contributed by atoms with Crippen LogP contribution in [-0.2, 0) is 14.8 Å². The summed E-state index contributed by atoms with van der Waals surface area (Å²) in [7, 11) is -3.81. The number of hydrogen-bond donors (Lipinski definition) is 3. The van der Waals surface area contributed by atoms with Crippen molar-refractivity contribution in [2.75, 3.05) is 17.2 Å². The Kier molecular flexibility index (Phi) is 2.83. The molecule has 0 spiro atoms. The number of nitrogens with two attached hydrogens (primary N) is 2. The Morgan fingerprint density at radius 1 is 1.44 bits per heavy atom. The summed E-state index contributed by atoms with van der Waals surface area (Å²) in [6.07, 6.45) is -0.239. The number of hydrogen-bond acceptors (Lipinski definition) is 6. The summed E-state index contributed by atoms with van der Waals surface area (Å²) in [5.41, 5.74) is 4.86. The van der Waals surface area contributed by atoms with Crippen LogP contribution in [0.5, 0.6) is 0 Å². The van der Waals surface area contributed by atoms with Crippen molar-refractivity contribution in [3.05, 3.63) is 16.4 Å². The van der Waals surface area contributed by atoms with Crippen LogP contribution in [0, 0.1) is 0 Å². The third kappa shape index (κ3) is 2.33. The van der Waals surface area contributed by atoms with E-state index in [1.807, 2.05) is 0 Å². The van der Waals surface area contributed by atoms with Gasteiger partial charge < -0.3 is 5.73 Å². The number of rotatable bonds is 2. The third-order valence-corrected chi connectivity index (χ3v) is 3.80. The molecule has 1 atom stereocenters. The first-order valence-corrected chi connectivity index (χ1v) is 6.57. The number of nitrogen functional groups attached to an aromatic ring is 1. The fourth-order valence-electron chi connectivity index (χ4n) is 1.69. The first-order chi connectivity index (χ1) is 8.27. The van der Waals surface area contributed by atoms with Crippen LogP contribution in [0.1, 0.15) is 6.42 Å². The lowest BCUT2D eigenvalue weighted by atomic mass is 10.4. The van der Waals surface area contributed by atoms with E-state index in [0.29, 0.717) is 0 Å². The number of aromatic nitrogens is 2. The Hall–Kier alpha value is -1.94. The lowest BCUT2D eigenvalue weighted by molar-refractivity contribution is -0.117. The number of carbonyl (C=O) groups excluding carboxylic acids is 1. The van der Waals surface area contributed by atoms with Crippen LogP contribution in [0.4, 0.5) is 11.8 Å². The van der Waals surface area contributed by atoms with Gasteiger partial charge in [-0.15, -0.1) is 0 Å². The first-order valence-electron chi connectivity index (χ1n) is 4.96. The van der Waals surface area contributed by atoms with Crippen LogP contribution in [-0.4, -0.2) is 36.1 Å².